The zero-order valence-corrected chi connectivity index (χ0v) is 12.7. The molecule has 1 aromatic carbocycles. The third-order valence-electron chi connectivity index (χ3n) is 3.48. The Morgan fingerprint density at radius 3 is 2.71 bits per heavy atom. The van der Waals surface area contributed by atoms with E-state index < -0.39 is 0 Å². The third-order valence-corrected chi connectivity index (χ3v) is 3.48. The predicted octanol–water partition coefficient (Wildman–Crippen LogP) is 1.81. The first-order valence-corrected chi connectivity index (χ1v) is 7.40. The van der Waals surface area contributed by atoms with Crippen molar-refractivity contribution in [3.05, 3.63) is 35.4 Å². The standard InChI is InChI=1S/C16H23N3O2/c1-12-4-3-5-14(10-12)11-19(13(2)20)9-8-17-16(21)18-15-6-7-15/h3-5,10,15H,6-9,11H2,1-2H3,(H2,17,18,21). The van der Waals surface area contributed by atoms with Gasteiger partial charge >= 0.3 is 6.03 Å². The van der Waals surface area contributed by atoms with E-state index in [4.69, 9.17) is 0 Å². The number of benzene rings is 1. The number of aryl methyl sites for hydroxylation is 1. The normalized spacial score (nSPS) is 13.6. The average molecular weight is 289 g/mol. The van der Waals surface area contributed by atoms with Crippen molar-refractivity contribution >= 4 is 11.9 Å². The van der Waals surface area contributed by atoms with E-state index in [-0.39, 0.29) is 11.9 Å². The van der Waals surface area contributed by atoms with Gasteiger partial charge in [-0.05, 0) is 25.3 Å². The largest absolute Gasteiger partial charge is 0.337 e. The lowest BCUT2D eigenvalue weighted by molar-refractivity contribution is -0.129. The van der Waals surface area contributed by atoms with Crippen LogP contribution in [-0.4, -0.2) is 36.0 Å². The van der Waals surface area contributed by atoms with Crippen LogP contribution in [0.15, 0.2) is 24.3 Å². The maximum Gasteiger partial charge on any atom is 0.315 e. The Morgan fingerprint density at radius 2 is 2.10 bits per heavy atom. The maximum atomic E-state index is 11.7. The van der Waals surface area contributed by atoms with Gasteiger partial charge in [-0.3, -0.25) is 4.79 Å². The minimum absolute atomic E-state index is 0.0147. The summed E-state index contributed by atoms with van der Waals surface area (Å²) < 4.78 is 0. The van der Waals surface area contributed by atoms with Gasteiger partial charge in [0, 0.05) is 32.6 Å². The van der Waals surface area contributed by atoms with E-state index in [1.807, 2.05) is 25.1 Å². The summed E-state index contributed by atoms with van der Waals surface area (Å²) in [7, 11) is 0. The highest BCUT2D eigenvalue weighted by Crippen LogP contribution is 2.18. The summed E-state index contributed by atoms with van der Waals surface area (Å²) in [5.74, 6) is 0.0147. The van der Waals surface area contributed by atoms with Crippen molar-refractivity contribution in [2.45, 2.75) is 39.3 Å². The Bertz CT molecular complexity index is 512. The molecule has 0 saturated heterocycles. The summed E-state index contributed by atoms with van der Waals surface area (Å²) in [5.41, 5.74) is 2.28. The molecule has 114 valence electrons. The second-order valence-electron chi connectivity index (χ2n) is 5.60. The molecule has 1 aromatic rings. The average Bonchev–Trinajstić information content (AvgIpc) is 3.21. The van der Waals surface area contributed by atoms with Gasteiger partial charge < -0.3 is 15.5 Å². The van der Waals surface area contributed by atoms with Gasteiger partial charge in [-0.2, -0.15) is 0 Å². The Hall–Kier alpha value is -2.04. The van der Waals surface area contributed by atoms with Gasteiger partial charge in [0.05, 0.1) is 0 Å². The molecule has 2 rings (SSSR count). The molecule has 5 heteroatoms. The van der Waals surface area contributed by atoms with Crippen LogP contribution >= 0.6 is 0 Å². The fourth-order valence-corrected chi connectivity index (χ4v) is 2.15. The first kappa shape index (κ1) is 15.4. The molecule has 0 heterocycles. The second kappa shape index (κ2) is 7.11. The van der Waals surface area contributed by atoms with Gasteiger partial charge in [-0.25, -0.2) is 4.79 Å². The van der Waals surface area contributed by atoms with Crippen LogP contribution in [0.25, 0.3) is 0 Å². The van der Waals surface area contributed by atoms with Crippen LogP contribution in [0.2, 0.25) is 0 Å². The smallest absolute Gasteiger partial charge is 0.315 e. The Labute approximate surface area is 125 Å². The summed E-state index contributed by atoms with van der Waals surface area (Å²) >= 11 is 0. The zero-order valence-electron chi connectivity index (χ0n) is 12.7. The third kappa shape index (κ3) is 5.45. The zero-order chi connectivity index (χ0) is 15.2. The quantitative estimate of drug-likeness (QED) is 0.839. The summed E-state index contributed by atoms with van der Waals surface area (Å²) in [6.45, 7) is 5.14. The van der Waals surface area contributed by atoms with Gasteiger partial charge in [-0.15, -0.1) is 0 Å². The molecule has 21 heavy (non-hydrogen) atoms. The van der Waals surface area contributed by atoms with Crippen LogP contribution in [0.1, 0.15) is 30.9 Å². The van der Waals surface area contributed by atoms with Crippen LogP contribution in [0, 0.1) is 6.92 Å². The summed E-state index contributed by atoms with van der Waals surface area (Å²) in [6, 6.07) is 8.31. The molecule has 1 aliphatic rings. The van der Waals surface area contributed by atoms with E-state index in [1.165, 1.54) is 5.56 Å². The molecular formula is C16H23N3O2. The van der Waals surface area contributed by atoms with Gasteiger partial charge in [0.15, 0.2) is 0 Å². The number of nitrogens with one attached hydrogen (secondary N) is 2. The van der Waals surface area contributed by atoms with Crippen molar-refractivity contribution in [2.24, 2.45) is 0 Å². The molecule has 1 saturated carbocycles. The van der Waals surface area contributed by atoms with Crippen molar-refractivity contribution in [3.63, 3.8) is 0 Å². The van der Waals surface area contributed by atoms with Crippen molar-refractivity contribution in [1.29, 1.82) is 0 Å². The maximum absolute atomic E-state index is 11.7. The van der Waals surface area contributed by atoms with E-state index in [2.05, 4.69) is 16.7 Å². The molecule has 0 bridgehead atoms. The summed E-state index contributed by atoms with van der Waals surface area (Å²) in [5, 5.41) is 5.65. The lowest BCUT2D eigenvalue weighted by Crippen LogP contribution is -2.42. The monoisotopic (exact) mass is 289 g/mol. The highest BCUT2D eigenvalue weighted by Gasteiger charge is 2.23. The van der Waals surface area contributed by atoms with Gasteiger partial charge in [0.2, 0.25) is 5.91 Å². The molecule has 0 aliphatic heterocycles. The predicted molar refractivity (Wildman–Crippen MR) is 81.8 cm³/mol. The first-order chi connectivity index (χ1) is 10.0. The fourth-order valence-electron chi connectivity index (χ4n) is 2.15. The van der Waals surface area contributed by atoms with Gasteiger partial charge in [-0.1, -0.05) is 29.8 Å². The molecule has 0 spiro atoms. The minimum Gasteiger partial charge on any atom is -0.337 e. The number of carbonyl (C=O) groups is 2. The molecule has 2 N–H and O–H groups in total. The van der Waals surface area contributed by atoms with Gasteiger partial charge in [0.1, 0.15) is 0 Å². The van der Waals surface area contributed by atoms with Crippen molar-refractivity contribution in [1.82, 2.24) is 15.5 Å². The fraction of sp³-hybridized carbons (Fsp3) is 0.500. The number of rotatable bonds is 6. The molecule has 0 unspecified atom stereocenters. The Balaban J connectivity index is 1.78. The van der Waals surface area contributed by atoms with Crippen molar-refractivity contribution in [2.75, 3.05) is 13.1 Å². The topological polar surface area (TPSA) is 61.4 Å². The van der Waals surface area contributed by atoms with E-state index in [1.54, 1.807) is 11.8 Å². The molecule has 3 amide bonds. The Kier molecular flexibility index (Phi) is 5.20. The van der Waals surface area contributed by atoms with Crippen LogP contribution in [-0.2, 0) is 11.3 Å². The van der Waals surface area contributed by atoms with E-state index in [9.17, 15) is 9.59 Å². The molecule has 0 atom stereocenters. The number of nitrogens with zero attached hydrogens (tertiary/aromatic N) is 1. The lowest BCUT2D eigenvalue weighted by atomic mass is 10.1. The first-order valence-electron chi connectivity index (χ1n) is 7.40. The van der Waals surface area contributed by atoms with Crippen LogP contribution in [0.4, 0.5) is 4.79 Å². The van der Waals surface area contributed by atoms with E-state index in [0.717, 1.165) is 18.4 Å². The molecule has 0 radical (unpaired) electrons. The minimum atomic E-state index is -0.142. The highest BCUT2D eigenvalue weighted by molar-refractivity contribution is 5.75. The number of hydrogen-bond donors (Lipinski definition) is 2. The van der Waals surface area contributed by atoms with Gasteiger partial charge in [0.25, 0.3) is 0 Å². The number of carbonyl (C=O) groups excluding carboxylic acids is 2. The van der Waals surface area contributed by atoms with E-state index in [0.29, 0.717) is 25.7 Å². The van der Waals surface area contributed by atoms with Crippen LogP contribution in [0.5, 0.6) is 0 Å². The SMILES string of the molecule is CC(=O)N(CCNC(=O)NC1CC1)Cc1cccc(C)c1. The number of amides is 3. The summed E-state index contributed by atoms with van der Waals surface area (Å²) in [4.78, 5) is 25.0. The molecule has 1 aliphatic carbocycles. The van der Waals surface area contributed by atoms with Crippen LogP contribution in [0.3, 0.4) is 0 Å². The number of hydrogen-bond acceptors (Lipinski definition) is 2. The highest BCUT2D eigenvalue weighted by atomic mass is 16.2. The van der Waals surface area contributed by atoms with Crippen molar-refractivity contribution < 1.29 is 9.59 Å². The van der Waals surface area contributed by atoms with Crippen LogP contribution < -0.4 is 10.6 Å². The lowest BCUT2D eigenvalue weighted by Gasteiger charge is -2.21. The Morgan fingerprint density at radius 1 is 1.33 bits per heavy atom. The van der Waals surface area contributed by atoms with E-state index >= 15 is 0 Å². The molecule has 5 nitrogen and oxygen atoms in total. The molecular weight excluding hydrogens is 266 g/mol. The summed E-state index contributed by atoms with van der Waals surface area (Å²) in [6.07, 6.45) is 2.14. The molecule has 0 aromatic heterocycles. The van der Waals surface area contributed by atoms with Crippen molar-refractivity contribution in [3.8, 4) is 0 Å². The second-order valence-corrected chi connectivity index (χ2v) is 5.60. The number of urea groups is 1. The molecule has 1 fully saturated rings.